The zero-order valence-electron chi connectivity index (χ0n) is 16.4. The van der Waals surface area contributed by atoms with Gasteiger partial charge in [-0.15, -0.1) is 0 Å². The molecule has 31 heavy (non-hydrogen) atoms. The number of halogens is 2. The van der Waals surface area contributed by atoms with Gasteiger partial charge in [0.25, 0.3) is 0 Å². The Bertz CT molecular complexity index is 1260. The molecule has 2 nitrogen and oxygen atoms in total. The minimum absolute atomic E-state index is 0.0822. The molecule has 0 heterocycles. The Hall–Kier alpha value is -3.69. The highest BCUT2D eigenvalue weighted by molar-refractivity contribution is 6.33. The average Bonchev–Trinajstić information content (AvgIpc) is 2.79. The van der Waals surface area contributed by atoms with Gasteiger partial charge in [0.1, 0.15) is 11.6 Å². The molecule has 0 aromatic heterocycles. The van der Waals surface area contributed by atoms with Crippen LogP contribution in [0.2, 0.25) is 5.02 Å². The number of carbonyl (C=O) groups is 1. The lowest BCUT2D eigenvalue weighted by molar-refractivity contribution is 0.104. The van der Waals surface area contributed by atoms with Crippen molar-refractivity contribution < 1.29 is 14.3 Å². The van der Waals surface area contributed by atoms with Crippen LogP contribution in [0, 0.1) is 5.82 Å². The van der Waals surface area contributed by atoms with Crippen LogP contribution in [0.3, 0.4) is 0 Å². The third-order valence-electron chi connectivity index (χ3n) is 4.96. The third kappa shape index (κ3) is 4.42. The van der Waals surface area contributed by atoms with Gasteiger partial charge in [-0.2, -0.15) is 0 Å². The first kappa shape index (κ1) is 20.6. The van der Waals surface area contributed by atoms with Crippen LogP contribution >= 0.6 is 11.6 Å². The lowest BCUT2D eigenvalue weighted by Crippen LogP contribution is -1.94. The molecule has 1 N–H and O–H groups in total. The van der Waals surface area contributed by atoms with Crippen LogP contribution in [0.1, 0.15) is 15.9 Å². The van der Waals surface area contributed by atoms with E-state index in [9.17, 15) is 14.3 Å². The Morgan fingerprint density at radius 2 is 1.55 bits per heavy atom. The second-order valence-corrected chi connectivity index (χ2v) is 7.39. The lowest BCUT2D eigenvalue weighted by atomic mass is 9.91. The van der Waals surface area contributed by atoms with Gasteiger partial charge in [0.2, 0.25) is 0 Å². The standard InChI is InChI=1S/C27H18ClFO2/c28-23-10-6-11-24(29)27(23)22-17-18(14-16-25(30)19-7-2-1-3-8-19)13-15-20(22)21-9-4-5-12-26(21)31/h1-17,31H. The van der Waals surface area contributed by atoms with E-state index >= 15 is 0 Å². The van der Waals surface area contributed by atoms with Gasteiger partial charge in [-0.25, -0.2) is 4.39 Å². The summed E-state index contributed by atoms with van der Waals surface area (Å²) in [6, 6.07) is 25.7. The lowest BCUT2D eigenvalue weighted by Gasteiger charge is -2.14. The number of aromatic hydroxyl groups is 1. The molecule has 0 amide bonds. The van der Waals surface area contributed by atoms with Crippen molar-refractivity contribution in [2.75, 3.05) is 0 Å². The minimum Gasteiger partial charge on any atom is -0.507 e. The van der Waals surface area contributed by atoms with Gasteiger partial charge in [0, 0.05) is 16.7 Å². The summed E-state index contributed by atoms with van der Waals surface area (Å²) < 4.78 is 14.8. The van der Waals surface area contributed by atoms with Crippen LogP contribution in [-0.4, -0.2) is 10.9 Å². The highest BCUT2D eigenvalue weighted by Crippen LogP contribution is 2.41. The first-order valence-corrected chi connectivity index (χ1v) is 10.1. The molecule has 4 aromatic rings. The van der Waals surface area contributed by atoms with Crippen molar-refractivity contribution in [1.82, 2.24) is 0 Å². The van der Waals surface area contributed by atoms with Crippen molar-refractivity contribution in [1.29, 1.82) is 0 Å². The van der Waals surface area contributed by atoms with Gasteiger partial charge < -0.3 is 5.11 Å². The van der Waals surface area contributed by atoms with Crippen molar-refractivity contribution >= 4 is 23.5 Å². The summed E-state index contributed by atoms with van der Waals surface area (Å²) in [5.74, 6) is -0.514. The normalized spacial score (nSPS) is 11.0. The predicted octanol–water partition coefficient (Wildman–Crippen LogP) is 7.41. The Balaban J connectivity index is 1.83. The second kappa shape index (κ2) is 8.99. The number of hydrogen-bond acceptors (Lipinski definition) is 2. The minimum atomic E-state index is -0.467. The molecule has 0 radical (unpaired) electrons. The molecule has 0 aliphatic heterocycles. The molecule has 0 fully saturated rings. The summed E-state index contributed by atoms with van der Waals surface area (Å²) in [4.78, 5) is 12.4. The number of para-hydroxylation sites is 1. The fourth-order valence-electron chi connectivity index (χ4n) is 3.43. The van der Waals surface area contributed by atoms with E-state index in [1.165, 1.54) is 12.1 Å². The number of phenolic OH excluding ortho intramolecular Hbond substituents is 1. The van der Waals surface area contributed by atoms with Crippen LogP contribution in [0.5, 0.6) is 5.75 Å². The van der Waals surface area contributed by atoms with Gasteiger partial charge in [-0.05, 0) is 47.0 Å². The van der Waals surface area contributed by atoms with Crippen molar-refractivity contribution in [2.45, 2.75) is 0 Å². The van der Waals surface area contributed by atoms with Crippen LogP contribution in [-0.2, 0) is 0 Å². The van der Waals surface area contributed by atoms with Crippen LogP contribution in [0.25, 0.3) is 28.3 Å². The maximum Gasteiger partial charge on any atom is 0.185 e. The monoisotopic (exact) mass is 428 g/mol. The fourth-order valence-corrected chi connectivity index (χ4v) is 3.70. The molecule has 0 saturated heterocycles. The number of allylic oxidation sites excluding steroid dienone is 1. The molecule has 0 saturated carbocycles. The highest BCUT2D eigenvalue weighted by Gasteiger charge is 2.17. The number of rotatable bonds is 5. The van der Waals surface area contributed by atoms with Gasteiger partial charge in [0.15, 0.2) is 5.78 Å². The zero-order valence-corrected chi connectivity index (χ0v) is 17.2. The quantitative estimate of drug-likeness (QED) is 0.265. The Morgan fingerprint density at radius 3 is 2.29 bits per heavy atom. The number of ketones is 1. The summed E-state index contributed by atoms with van der Waals surface area (Å²) in [6.45, 7) is 0. The van der Waals surface area contributed by atoms with Crippen molar-refractivity contribution in [2.24, 2.45) is 0 Å². The first-order valence-electron chi connectivity index (χ1n) is 9.69. The molecule has 152 valence electrons. The second-order valence-electron chi connectivity index (χ2n) is 6.98. The van der Waals surface area contributed by atoms with Gasteiger partial charge in [-0.3, -0.25) is 4.79 Å². The summed E-state index contributed by atoms with van der Waals surface area (Å²) >= 11 is 6.35. The zero-order chi connectivity index (χ0) is 21.8. The molecule has 0 unspecified atom stereocenters. The van der Waals surface area contributed by atoms with Crippen LogP contribution in [0.15, 0.2) is 97.1 Å². The SMILES string of the molecule is O=C(C=Cc1ccc(-c2ccccc2O)c(-c2c(F)cccc2Cl)c1)c1ccccc1. The van der Waals surface area contributed by atoms with Gasteiger partial charge >= 0.3 is 0 Å². The van der Waals surface area contributed by atoms with Crippen molar-refractivity contribution in [3.63, 3.8) is 0 Å². The van der Waals surface area contributed by atoms with E-state index in [0.717, 1.165) is 0 Å². The van der Waals surface area contributed by atoms with Gasteiger partial charge in [0.05, 0.1) is 5.02 Å². The first-order chi connectivity index (χ1) is 15.0. The number of benzene rings is 4. The van der Waals surface area contributed by atoms with E-state index in [0.29, 0.717) is 27.8 Å². The Morgan fingerprint density at radius 1 is 0.806 bits per heavy atom. The van der Waals surface area contributed by atoms with Crippen LogP contribution in [0.4, 0.5) is 4.39 Å². The molecule has 0 aliphatic rings. The maximum absolute atomic E-state index is 14.8. The van der Waals surface area contributed by atoms with E-state index in [2.05, 4.69) is 0 Å². The third-order valence-corrected chi connectivity index (χ3v) is 5.27. The predicted molar refractivity (Wildman–Crippen MR) is 124 cm³/mol. The molecule has 4 heteroatoms. The molecule has 0 bridgehead atoms. The van der Waals surface area contributed by atoms with E-state index < -0.39 is 5.82 Å². The molecule has 4 aromatic carbocycles. The van der Waals surface area contributed by atoms with E-state index in [1.807, 2.05) is 12.1 Å². The summed E-state index contributed by atoms with van der Waals surface area (Å²) in [7, 11) is 0. The summed E-state index contributed by atoms with van der Waals surface area (Å²) in [5, 5.41) is 10.6. The fraction of sp³-hybridized carbons (Fsp3) is 0. The van der Waals surface area contributed by atoms with E-state index in [-0.39, 0.29) is 22.1 Å². The van der Waals surface area contributed by atoms with Gasteiger partial charge in [-0.1, -0.05) is 84.4 Å². The number of carbonyl (C=O) groups excluding carboxylic acids is 1. The molecular weight excluding hydrogens is 411 g/mol. The Labute approximate surface area is 184 Å². The largest absolute Gasteiger partial charge is 0.507 e. The molecule has 4 rings (SSSR count). The summed E-state index contributed by atoms with van der Waals surface area (Å²) in [6.07, 6.45) is 3.17. The number of phenols is 1. The smallest absolute Gasteiger partial charge is 0.185 e. The highest BCUT2D eigenvalue weighted by atomic mass is 35.5. The van der Waals surface area contributed by atoms with Crippen LogP contribution < -0.4 is 0 Å². The molecule has 0 atom stereocenters. The van der Waals surface area contributed by atoms with E-state index in [4.69, 9.17) is 11.6 Å². The molecule has 0 spiro atoms. The topological polar surface area (TPSA) is 37.3 Å². The van der Waals surface area contributed by atoms with Crippen molar-refractivity contribution in [3.8, 4) is 28.0 Å². The Kier molecular flexibility index (Phi) is 5.96. The van der Waals surface area contributed by atoms with Crippen molar-refractivity contribution in [3.05, 3.63) is 119 Å². The average molecular weight is 429 g/mol. The molecular formula is C27H18ClFO2. The maximum atomic E-state index is 14.8. The molecule has 0 aliphatic carbocycles. The summed E-state index contributed by atoms with van der Waals surface area (Å²) in [5.41, 5.74) is 3.26. The number of hydrogen-bond donors (Lipinski definition) is 1. The van der Waals surface area contributed by atoms with E-state index in [1.54, 1.807) is 78.9 Å².